The van der Waals surface area contributed by atoms with Crippen LogP contribution in [-0.4, -0.2) is 26.1 Å². The minimum Gasteiger partial charge on any atom is -0.468 e. The Morgan fingerprint density at radius 1 is 1.52 bits per heavy atom. The van der Waals surface area contributed by atoms with Crippen LogP contribution in [0.1, 0.15) is 47.8 Å². The van der Waals surface area contributed by atoms with Gasteiger partial charge in [0.15, 0.2) is 0 Å². The molecule has 1 fully saturated rings. The van der Waals surface area contributed by atoms with Crippen molar-refractivity contribution in [2.24, 2.45) is 5.84 Å². The van der Waals surface area contributed by atoms with E-state index >= 15 is 0 Å². The molecule has 0 atom stereocenters. The minimum absolute atomic E-state index is 0.370. The maximum absolute atomic E-state index is 11.3. The number of thioether (sulfide) groups is 1. The Bertz CT molecular complexity index is 619. The Morgan fingerprint density at radius 2 is 2.33 bits per heavy atom. The minimum atomic E-state index is -0.370. The summed E-state index contributed by atoms with van der Waals surface area (Å²) in [4.78, 5) is 11.3. The van der Waals surface area contributed by atoms with Crippen molar-refractivity contribution in [2.45, 2.75) is 42.6 Å². The van der Waals surface area contributed by atoms with Gasteiger partial charge in [-0.2, -0.15) is 0 Å². The normalized spacial score (nSPS) is 15.5. The fourth-order valence-electron chi connectivity index (χ4n) is 2.45. The lowest BCUT2D eigenvalue weighted by atomic mass is 10.3. The topological polar surface area (TPSA) is 112 Å². The fourth-order valence-corrected chi connectivity index (χ4v) is 3.29. The number of tetrazole rings is 1. The highest BCUT2D eigenvalue weighted by Gasteiger charge is 2.21. The van der Waals surface area contributed by atoms with Crippen molar-refractivity contribution in [1.82, 2.24) is 25.6 Å². The molecule has 1 amide bonds. The molecule has 0 radical (unpaired) electrons. The van der Waals surface area contributed by atoms with Crippen LogP contribution >= 0.6 is 11.8 Å². The predicted molar refractivity (Wildman–Crippen MR) is 75.2 cm³/mol. The number of nitrogens with one attached hydrogen (secondary N) is 1. The highest BCUT2D eigenvalue weighted by atomic mass is 32.2. The van der Waals surface area contributed by atoms with Gasteiger partial charge in [-0.05, 0) is 29.3 Å². The second-order valence-electron chi connectivity index (χ2n) is 4.91. The third-order valence-electron chi connectivity index (χ3n) is 3.52. The first-order chi connectivity index (χ1) is 10.3. The molecule has 3 rings (SSSR count). The Hall–Kier alpha value is -1.87. The van der Waals surface area contributed by atoms with Gasteiger partial charge in [-0.25, -0.2) is 10.5 Å². The SMILES string of the molecule is NNC(=O)c1coc(CSc2nnnn2C2CCCC2)c1. The molecule has 0 unspecified atom stereocenters. The van der Waals surface area contributed by atoms with Crippen LogP contribution < -0.4 is 11.3 Å². The van der Waals surface area contributed by atoms with E-state index in [9.17, 15) is 4.79 Å². The lowest BCUT2D eigenvalue weighted by Crippen LogP contribution is -2.29. The number of hydrazine groups is 1. The van der Waals surface area contributed by atoms with Crippen molar-refractivity contribution in [3.05, 3.63) is 23.7 Å². The molecular weight excluding hydrogens is 292 g/mol. The number of amides is 1. The number of nitrogens with two attached hydrogens (primary N) is 1. The van der Waals surface area contributed by atoms with Crippen LogP contribution in [0.5, 0.6) is 0 Å². The van der Waals surface area contributed by atoms with Crippen molar-refractivity contribution in [3.8, 4) is 0 Å². The number of aromatic nitrogens is 4. The van der Waals surface area contributed by atoms with E-state index in [4.69, 9.17) is 10.3 Å². The highest BCUT2D eigenvalue weighted by molar-refractivity contribution is 7.98. The summed E-state index contributed by atoms with van der Waals surface area (Å²) in [6.07, 6.45) is 6.09. The summed E-state index contributed by atoms with van der Waals surface area (Å²) < 4.78 is 7.23. The van der Waals surface area contributed by atoms with Gasteiger partial charge in [0.2, 0.25) is 5.16 Å². The van der Waals surface area contributed by atoms with E-state index in [-0.39, 0.29) is 5.91 Å². The number of furan rings is 1. The Balaban J connectivity index is 1.64. The van der Waals surface area contributed by atoms with Gasteiger partial charge in [-0.3, -0.25) is 10.2 Å². The smallest absolute Gasteiger partial charge is 0.268 e. The maximum Gasteiger partial charge on any atom is 0.268 e. The summed E-state index contributed by atoms with van der Waals surface area (Å²) in [5.74, 6) is 5.95. The van der Waals surface area contributed by atoms with E-state index in [2.05, 4.69) is 21.0 Å². The van der Waals surface area contributed by atoms with Crippen molar-refractivity contribution in [2.75, 3.05) is 0 Å². The van der Waals surface area contributed by atoms with Gasteiger partial charge >= 0.3 is 0 Å². The van der Waals surface area contributed by atoms with Crippen LogP contribution in [0.25, 0.3) is 0 Å². The molecule has 1 aliphatic carbocycles. The Kier molecular flexibility index (Phi) is 4.20. The van der Waals surface area contributed by atoms with Gasteiger partial charge in [0, 0.05) is 0 Å². The van der Waals surface area contributed by atoms with Gasteiger partial charge in [0.05, 0.1) is 17.4 Å². The third-order valence-corrected chi connectivity index (χ3v) is 4.48. The van der Waals surface area contributed by atoms with Crippen LogP contribution in [0.2, 0.25) is 0 Å². The summed E-state index contributed by atoms with van der Waals surface area (Å²) in [5, 5.41) is 12.7. The molecule has 21 heavy (non-hydrogen) atoms. The highest BCUT2D eigenvalue weighted by Crippen LogP contribution is 2.32. The molecule has 112 valence electrons. The van der Waals surface area contributed by atoms with Crippen molar-refractivity contribution in [1.29, 1.82) is 0 Å². The molecule has 0 aromatic carbocycles. The van der Waals surface area contributed by atoms with Crippen LogP contribution in [0.4, 0.5) is 0 Å². The number of nitrogens with zero attached hydrogens (tertiary/aromatic N) is 4. The molecule has 0 aliphatic heterocycles. The van der Waals surface area contributed by atoms with Crippen LogP contribution in [0.3, 0.4) is 0 Å². The molecular formula is C12H16N6O2S. The average Bonchev–Trinajstić information content (AvgIpc) is 3.22. The number of carbonyl (C=O) groups is 1. The number of carbonyl (C=O) groups excluding carboxylic acids is 1. The quantitative estimate of drug-likeness (QED) is 0.370. The zero-order valence-electron chi connectivity index (χ0n) is 11.4. The van der Waals surface area contributed by atoms with Gasteiger partial charge < -0.3 is 4.42 Å². The second kappa shape index (κ2) is 6.27. The summed E-state index contributed by atoms with van der Waals surface area (Å²) in [5.41, 5.74) is 2.47. The van der Waals surface area contributed by atoms with Crippen molar-refractivity contribution in [3.63, 3.8) is 0 Å². The third kappa shape index (κ3) is 3.08. The molecule has 0 bridgehead atoms. The van der Waals surface area contributed by atoms with E-state index in [0.717, 1.165) is 18.0 Å². The first kappa shape index (κ1) is 14.1. The summed E-state index contributed by atoms with van der Waals surface area (Å²) in [6.45, 7) is 0. The molecule has 0 saturated heterocycles. The van der Waals surface area contributed by atoms with E-state index in [0.29, 0.717) is 23.1 Å². The first-order valence-corrected chi connectivity index (χ1v) is 7.75. The summed E-state index contributed by atoms with van der Waals surface area (Å²) in [7, 11) is 0. The molecule has 0 spiro atoms. The molecule has 1 aliphatic rings. The number of hydrogen-bond acceptors (Lipinski definition) is 7. The largest absolute Gasteiger partial charge is 0.468 e. The average molecular weight is 308 g/mol. The summed E-state index contributed by atoms with van der Waals surface area (Å²) >= 11 is 1.50. The zero-order valence-corrected chi connectivity index (χ0v) is 12.2. The van der Waals surface area contributed by atoms with Crippen LogP contribution in [0, 0.1) is 0 Å². The molecule has 8 nitrogen and oxygen atoms in total. The molecule has 2 aromatic heterocycles. The van der Waals surface area contributed by atoms with Gasteiger partial charge in [-0.1, -0.05) is 24.6 Å². The standard InChI is InChI=1S/C12H16N6O2S/c13-14-11(19)8-5-10(20-6-8)7-21-12-15-16-17-18(12)9-3-1-2-4-9/h5-6,9H,1-4,7,13H2,(H,14,19). The second-order valence-corrected chi connectivity index (χ2v) is 5.85. The molecule has 3 N–H and O–H groups in total. The van der Waals surface area contributed by atoms with Crippen LogP contribution in [-0.2, 0) is 5.75 Å². The Labute approximate surface area is 125 Å². The van der Waals surface area contributed by atoms with Crippen molar-refractivity contribution >= 4 is 17.7 Å². The van der Waals surface area contributed by atoms with Crippen molar-refractivity contribution < 1.29 is 9.21 Å². The monoisotopic (exact) mass is 308 g/mol. The summed E-state index contributed by atoms with van der Waals surface area (Å²) in [6, 6.07) is 2.07. The molecule has 2 heterocycles. The number of nitrogen functional groups attached to an aromatic ring is 1. The fraction of sp³-hybridized carbons (Fsp3) is 0.500. The van der Waals surface area contributed by atoms with Gasteiger partial charge in [0.25, 0.3) is 5.91 Å². The number of hydrogen-bond donors (Lipinski definition) is 2. The van der Waals surface area contributed by atoms with E-state index < -0.39 is 0 Å². The predicted octanol–water partition coefficient (Wildman–Crippen LogP) is 1.28. The first-order valence-electron chi connectivity index (χ1n) is 6.77. The molecule has 1 saturated carbocycles. The van der Waals surface area contributed by atoms with E-state index in [1.807, 2.05) is 4.68 Å². The lowest BCUT2D eigenvalue weighted by Gasteiger charge is -2.10. The zero-order chi connectivity index (χ0) is 14.7. The molecule has 9 heteroatoms. The molecule has 2 aromatic rings. The number of rotatable bonds is 5. The maximum atomic E-state index is 11.3. The van der Waals surface area contributed by atoms with E-state index in [1.54, 1.807) is 6.07 Å². The van der Waals surface area contributed by atoms with E-state index in [1.165, 1.54) is 30.9 Å². The van der Waals surface area contributed by atoms with Crippen LogP contribution in [0.15, 0.2) is 21.9 Å². The lowest BCUT2D eigenvalue weighted by molar-refractivity contribution is 0.0953. The van der Waals surface area contributed by atoms with Gasteiger partial charge in [-0.15, -0.1) is 5.10 Å². The Morgan fingerprint density at radius 3 is 3.10 bits per heavy atom. The van der Waals surface area contributed by atoms with Gasteiger partial charge in [0.1, 0.15) is 12.0 Å².